The molecule has 4 rings (SSSR count). The molecule has 0 unspecified atom stereocenters. The number of hydrogen-bond donors (Lipinski definition) is 0. The predicted molar refractivity (Wildman–Crippen MR) is 105 cm³/mol. The lowest BCUT2D eigenvalue weighted by molar-refractivity contribution is 0.0698. The number of hydrogen-bond acceptors (Lipinski definition) is 5. The van der Waals surface area contributed by atoms with Crippen molar-refractivity contribution >= 4 is 38.4 Å². The van der Waals surface area contributed by atoms with Crippen LogP contribution in [-0.2, 0) is 16.3 Å². The van der Waals surface area contributed by atoms with Gasteiger partial charge in [-0.3, -0.25) is 4.79 Å². The van der Waals surface area contributed by atoms with E-state index in [2.05, 4.69) is 17.5 Å². The first kappa shape index (κ1) is 17.5. The van der Waals surface area contributed by atoms with E-state index in [0.29, 0.717) is 12.1 Å². The molecular weight excluding hydrogens is 386 g/mol. The van der Waals surface area contributed by atoms with Crippen LogP contribution < -0.4 is 0 Å². The van der Waals surface area contributed by atoms with Gasteiger partial charge in [0.1, 0.15) is 0 Å². The minimum atomic E-state index is -3.27. The molecule has 3 aromatic rings. The van der Waals surface area contributed by atoms with Crippen molar-refractivity contribution in [1.29, 1.82) is 0 Å². The molecule has 0 fully saturated rings. The summed E-state index contributed by atoms with van der Waals surface area (Å²) in [7, 11) is -3.27. The molecule has 3 heterocycles. The SMILES string of the molecule is CS(=O)(=O)c1ccc(C(=O)N2CCc3sccc3[C@@H]2c2cccs2)cc1. The lowest BCUT2D eigenvalue weighted by atomic mass is 9.97. The Balaban J connectivity index is 1.71. The minimum absolute atomic E-state index is 0.0692. The zero-order valence-electron chi connectivity index (χ0n) is 14.1. The molecule has 0 saturated heterocycles. The van der Waals surface area contributed by atoms with Crippen LogP contribution >= 0.6 is 22.7 Å². The van der Waals surface area contributed by atoms with Crippen LogP contribution in [-0.4, -0.2) is 32.0 Å². The van der Waals surface area contributed by atoms with E-state index in [1.165, 1.54) is 28.8 Å². The molecule has 1 amide bonds. The van der Waals surface area contributed by atoms with E-state index in [-0.39, 0.29) is 16.8 Å². The Kier molecular flexibility index (Phi) is 4.46. The Morgan fingerprint density at radius 1 is 1.08 bits per heavy atom. The van der Waals surface area contributed by atoms with Crippen LogP contribution in [0.4, 0.5) is 0 Å². The lowest BCUT2D eigenvalue weighted by Gasteiger charge is -2.35. The van der Waals surface area contributed by atoms with Gasteiger partial charge in [-0.15, -0.1) is 22.7 Å². The monoisotopic (exact) mass is 403 g/mol. The molecule has 1 aliphatic heterocycles. The molecule has 134 valence electrons. The normalized spacial score (nSPS) is 17.1. The van der Waals surface area contributed by atoms with Gasteiger partial charge in [0.25, 0.3) is 5.91 Å². The smallest absolute Gasteiger partial charge is 0.254 e. The number of sulfone groups is 1. The highest BCUT2D eigenvalue weighted by atomic mass is 32.2. The number of carbonyl (C=O) groups is 1. The van der Waals surface area contributed by atoms with Crippen molar-refractivity contribution in [2.45, 2.75) is 17.4 Å². The van der Waals surface area contributed by atoms with Gasteiger partial charge in [-0.1, -0.05) is 6.07 Å². The second-order valence-corrected chi connectivity index (χ2v) is 10.3. The first-order chi connectivity index (χ1) is 12.4. The molecule has 0 radical (unpaired) electrons. The maximum absolute atomic E-state index is 13.2. The Labute approximate surface area is 160 Å². The van der Waals surface area contributed by atoms with Crippen LogP contribution in [0.3, 0.4) is 0 Å². The van der Waals surface area contributed by atoms with Gasteiger partial charge in [-0.05, 0) is 59.1 Å². The van der Waals surface area contributed by atoms with Gasteiger partial charge in [0.05, 0.1) is 10.9 Å². The van der Waals surface area contributed by atoms with E-state index in [9.17, 15) is 13.2 Å². The van der Waals surface area contributed by atoms with Gasteiger partial charge < -0.3 is 4.90 Å². The Bertz CT molecular complexity index is 1030. The molecule has 7 heteroatoms. The zero-order valence-corrected chi connectivity index (χ0v) is 16.5. The highest BCUT2D eigenvalue weighted by Crippen LogP contribution is 2.40. The van der Waals surface area contributed by atoms with Crippen molar-refractivity contribution in [2.24, 2.45) is 0 Å². The highest BCUT2D eigenvalue weighted by molar-refractivity contribution is 7.90. The molecule has 1 aromatic carbocycles. The van der Waals surface area contributed by atoms with Gasteiger partial charge in [0.15, 0.2) is 9.84 Å². The first-order valence-corrected chi connectivity index (χ1v) is 11.8. The molecule has 1 aliphatic rings. The van der Waals surface area contributed by atoms with Crippen molar-refractivity contribution in [2.75, 3.05) is 12.8 Å². The number of fused-ring (bicyclic) bond motifs is 1. The van der Waals surface area contributed by atoms with Crippen LogP contribution in [0.25, 0.3) is 0 Å². The molecule has 1 atom stereocenters. The van der Waals surface area contributed by atoms with Gasteiger partial charge in [-0.25, -0.2) is 8.42 Å². The van der Waals surface area contributed by atoms with Gasteiger partial charge in [-0.2, -0.15) is 0 Å². The van der Waals surface area contributed by atoms with Crippen LogP contribution in [0.1, 0.15) is 31.7 Å². The van der Waals surface area contributed by atoms with Gasteiger partial charge in [0, 0.05) is 28.1 Å². The molecule has 0 aliphatic carbocycles. The molecule has 0 N–H and O–H groups in total. The van der Waals surface area contributed by atoms with Crippen LogP contribution in [0.2, 0.25) is 0 Å². The van der Waals surface area contributed by atoms with Crippen LogP contribution in [0.15, 0.2) is 58.1 Å². The molecule has 0 spiro atoms. The fourth-order valence-corrected chi connectivity index (χ4v) is 5.69. The van der Waals surface area contributed by atoms with E-state index in [1.807, 2.05) is 16.3 Å². The second kappa shape index (κ2) is 6.64. The summed E-state index contributed by atoms with van der Waals surface area (Å²) in [5.41, 5.74) is 1.71. The highest BCUT2D eigenvalue weighted by Gasteiger charge is 2.33. The van der Waals surface area contributed by atoms with Crippen molar-refractivity contribution in [3.05, 3.63) is 74.1 Å². The Morgan fingerprint density at radius 3 is 2.50 bits per heavy atom. The van der Waals surface area contributed by atoms with Crippen molar-refractivity contribution in [3.63, 3.8) is 0 Å². The third-order valence-electron chi connectivity index (χ3n) is 4.57. The maximum Gasteiger partial charge on any atom is 0.254 e. The fourth-order valence-electron chi connectivity index (χ4n) is 3.30. The maximum atomic E-state index is 13.2. The number of thiophene rings is 2. The molecule has 4 nitrogen and oxygen atoms in total. The topological polar surface area (TPSA) is 54.5 Å². The Morgan fingerprint density at radius 2 is 1.85 bits per heavy atom. The third-order valence-corrected chi connectivity index (χ3v) is 7.62. The third kappa shape index (κ3) is 3.11. The number of amides is 1. The number of benzene rings is 1. The summed E-state index contributed by atoms with van der Waals surface area (Å²) in [6.07, 6.45) is 2.02. The summed E-state index contributed by atoms with van der Waals surface area (Å²) in [5.74, 6) is -0.0692. The van der Waals surface area contributed by atoms with Crippen molar-refractivity contribution in [3.8, 4) is 0 Å². The predicted octanol–water partition coefficient (Wildman–Crippen LogP) is 4.00. The van der Waals surface area contributed by atoms with E-state index in [0.717, 1.165) is 11.3 Å². The van der Waals surface area contributed by atoms with E-state index in [4.69, 9.17) is 0 Å². The average molecular weight is 404 g/mol. The van der Waals surface area contributed by atoms with E-state index < -0.39 is 9.84 Å². The van der Waals surface area contributed by atoms with E-state index >= 15 is 0 Å². The summed E-state index contributed by atoms with van der Waals surface area (Å²) in [6.45, 7) is 0.655. The van der Waals surface area contributed by atoms with Crippen LogP contribution in [0, 0.1) is 0 Å². The zero-order chi connectivity index (χ0) is 18.3. The summed E-state index contributed by atoms with van der Waals surface area (Å²) in [5, 5.41) is 4.11. The molecule has 26 heavy (non-hydrogen) atoms. The average Bonchev–Trinajstić information content (AvgIpc) is 3.31. The number of rotatable bonds is 3. The molecular formula is C19H17NO3S3. The van der Waals surface area contributed by atoms with Crippen LogP contribution in [0.5, 0.6) is 0 Å². The minimum Gasteiger partial charge on any atom is -0.326 e. The Hall–Kier alpha value is -1.96. The number of carbonyl (C=O) groups excluding carboxylic acids is 1. The molecule has 2 aromatic heterocycles. The van der Waals surface area contributed by atoms with E-state index in [1.54, 1.807) is 34.8 Å². The summed E-state index contributed by atoms with van der Waals surface area (Å²) in [4.78, 5) is 17.8. The van der Waals surface area contributed by atoms with Crippen molar-refractivity contribution in [1.82, 2.24) is 4.90 Å². The standard InChI is InChI=1S/C19H17NO3S3/c1-26(22,23)14-6-4-13(5-7-14)19(21)20-10-8-16-15(9-12-25-16)18(20)17-3-2-11-24-17/h2-7,9,11-12,18H,8,10H2,1H3/t18-/m1/s1. The number of nitrogens with zero attached hydrogens (tertiary/aromatic N) is 1. The van der Waals surface area contributed by atoms with Gasteiger partial charge in [0.2, 0.25) is 0 Å². The van der Waals surface area contributed by atoms with Gasteiger partial charge >= 0.3 is 0 Å². The summed E-state index contributed by atoms with van der Waals surface area (Å²) in [6, 6.07) is 12.3. The largest absolute Gasteiger partial charge is 0.326 e. The fraction of sp³-hybridized carbons (Fsp3) is 0.211. The molecule has 0 bridgehead atoms. The lowest BCUT2D eigenvalue weighted by Crippen LogP contribution is -2.39. The van der Waals surface area contributed by atoms with Crippen molar-refractivity contribution < 1.29 is 13.2 Å². The first-order valence-electron chi connectivity index (χ1n) is 8.16. The quantitative estimate of drug-likeness (QED) is 0.664. The summed E-state index contributed by atoms with van der Waals surface area (Å²) >= 11 is 3.39. The second-order valence-electron chi connectivity index (χ2n) is 6.26. The summed E-state index contributed by atoms with van der Waals surface area (Å²) < 4.78 is 23.3. The molecule has 0 saturated carbocycles.